The number of hydrogen-bond acceptors (Lipinski definition) is 3. The van der Waals surface area contributed by atoms with Gasteiger partial charge in [0, 0.05) is 24.4 Å². The van der Waals surface area contributed by atoms with Crippen molar-refractivity contribution in [1.29, 1.82) is 0 Å². The van der Waals surface area contributed by atoms with E-state index in [1.54, 1.807) is 9.58 Å². The van der Waals surface area contributed by atoms with E-state index in [1.165, 1.54) is 0 Å². The van der Waals surface area contributed by atoms with E-state index in [4.69, 9.17) is 5.10 Å². The third-order valence-corrected chi connectivity index (χ3v) is 5.40. The van der Waals surface area contributed by atoms with E-state index in [0.717, 1.165) is 36.2 Å². The van der Waals surface area contributed by atoms with Gasteiger partial charge in [0.2, 0.25) is 11.8 Å². The number of nitrogens with one attached hydrogen (secondary N) is 1. The number of rotatable bonds is 10. The topological polar surface area (TPSA) is 67.2 Å². The number of unbranched alkanes of at least 4 members (excludes halogenated alkanes) is 1. The SMILES string of the molecule is CCCCC(=O)N(CCC(C)C)CC(=O)Nc1cc(C(C)(C)C)nn1-c1cccc(C)c1. The van der Waals surface area contributed by atoms with Gasteiger partial charge in [-0.1, -0.05) is 60.1 Å². The van der Waals surface area contributed by atoms with Crippen molar-refractivity contribution in [2.75, 3.05) is 18.4 Å². The molecule has 1 aromatic heterocycles. The number of carbonyl (C=O) groups excluding carboxylic acids is 2. The summed E-state index contributed by atoms with van der Waals surface area (Å²) >= 11 is 0. The van der Waals surface area contributed by atoms with Crippen molar-refractivity contribution in [3.8, 4) is 5.69 Å². The molecule has 0 aliphatic rings. The minimum absolute atomic E-state index is 0.0465. The van der Waals surface area contributed by atoms with Crippen LogP contribution in [0, 0.1) is 12.8 Å². The van der Waals surface area contributed by atoms with E-state index in [9.17, 15) is 9.59 Å². The van der Waals surface area contributed by atoms with Crippen molar-refractivity contribution in [1.82, 2.24) is 14.7 Å². The second-order valence-corrected chi connectivity index (χ2v) is 10.1. The van der Waals surface area contributed by atoms with Crippen LogP contribution in [0.3, 0.4) is 0 Å². The van der Waals surface area contributed by atoms with Crippen LogP contribution in [0.4, 0.5) is 5.82 Å². The summed E-state index contributed by atoms with van der Waals surface area (Å²) in [5.41, 5.74) is 2.75. The number of carbonyl (C=O) groups is 2. The Hall–Kier alpha value is -2.63. The molecule has 176 valence electrons. The molecule has 1 heterocycles. The van der Waals surface area contributed by atoms with Gasteiger partial charge in [-0.25, -0.2) is 4.68 Å². The standard InChI is InChI=1S/C26H40N4O2/c1-8-9-13-25(32)29(15-14-19(2)3)18-24(31)27-23-17-22(26(5,6)7)28-30(23)21-12-10-11-20(4)16-21/h10-12,16-17,19H,8-9,13-15,18H2,1-7H3,(H,27,31). The average molecular weight is 441 g/mol. The summed E-state index contributed by atoms with van der Waals surface area (Å²) < 4.78 is 1.78. The molecule has 0 saturated heterocycles. The zero-order valence-electron chi connectivity index (χ0n) is 20.9. The molecule has 32 heavy (non-hydrogen) atoms. The summed E-state index contributed by atoms with van der Waals surface area (Å²) in [6.07, 6.45) is 3.16. The fourth-order valence-electron chi connectivity index (χ4n) is 3.34. The minimum Gasteiger partial charge on any atom is -0.333 e. The maximum absolute atomic E-state index is 13.0. The zero-order valence-corrected chi connectivity index (χ0v) is 20.9. The van der Waals surface area contributed by atoms with Crippen LogP contribution in [0.5, 0.6) is 0 Å². The Bertz CT molecular complexity index is 909. The molecule has 0 unspecified atom stereocenters. The number of hydrogen-bond donors (Lipinski definition) is 1. The Balaban J connectivity index is 2.25. The second kappa shape index (κ2) is 11.3. The fourth-order valence-corrected chi connectivity index (χ4v) is 3.34. The van der Waals surface area contributed by atoms with E-state index < -0.39 is 0 Å². The maximum atomic E-state index is 13.0. The first-order valence-electron chi connectivity index (χ1n) is 11.8. The smallest absolute Gasteiger partial charge is 0.245 e. The Labute approximate surface area is 193 Å². The highest BCUT2D eigenvalue weighted by Gasteiger charge is 2.23. The van der Waals surface area contributed by atoms with Gasteiger partial charge in [-0.3, -0.25) is 9.59 Å². The van der Waals surface area contributed by atoms with Crippen molar-refractivity contribution >= 4 is 17.6 Å². The molecule has 0 aliphatic carbocycles. The van der Waals surface area contributed by atoms with Crippen LogP contribution in [-0.4, -0.2) is 39.6 Å². The third kappa shape index (κ3) is 7.50. The van der Waals surface area contributed by atoms with Crippen LogP contribution < -0.4 is 5.32 Å². The summed E-state index contributed by atoms with van der Waals surface area (Å²) in [7, 11) is 0. The molecule has 2 rings (SSSR count). The first-order valence-corrected chi connectivity index (χ1v) is 11.8. The van der Waals surface area contributed by atoms with Crippen molar-refractivity contribution in [2.24, 2.45) is 5.92 Å². The molecule has 0 radical (unpaired) electrons. The molecule has 0 atom stereocenters. The largest absolute Gasteiger partial charge is 0.333 e. The molecule has 6 heteroatoms. The second-order valence-electron chi connectivity index (χ2n) is 10.1. The minimum atomic E-state index is -0.201. The highest BCUT2D eigenvalue weighted by atomic mass is 16.2. The predicted molar refractivity (Wildman–Crippen MR) is 131 cm³/mol. The molecule has 0 bridgehead atoms. The predicted octanol–water partition coefficient (Wildman–Crippen LogP) is 5.48. The molecule has 0 aliphatic heterocycles. The monoisotopic (exact) mass is 440 g/mol. The van der Waals surface area contributed by atoms with E-state index in [1.807, 2.05) is 37.3 Å². The van der Waals surface area contributed by atoms with Gasteiger partial charge in [-0.15, -0.1) is 0 Å². The Morgan fingerprint density at radius 1 is 1.19 bits per heavy atom. The van der Waals surface area contributed by atoms with Crippen molar-refractivity contribution in [3.05, 3.63) is 41.6 Å². The van der Waals surface area contributed by atoms with E-state index in [0.29, 0.717) is 24.7 Å². The van der Waals surface area contributed by atoms with Crippen LogP contribution in [0.15, 0.2) is 30.3 Å². The zero-order chi connectivity index (χ0) is 23.9. The summed E-state index contributed by atoms with van der Waals surface area (Å²) in [6, 6.07) is 9.96. The van der Waals surface area contributed by atoms with E-state index >= 15 is 0 Å². The summed E-state index contributed by atoms with van der Waals surface area (Å²) in [5, 5.41) is 7.80. The first-order chi connectivity index (χ1) is 15.0. The lowest BCUT2D eigenvalue weighted by atomic mass is 9.92. The Kier molecular flexibility index (Phi) is 9.05. The lowest BCUT2D eigenvalue weighted by Gasteiger charge is -2.23. The molecule has 2 amide bonds. The lowest BCUT2D eigenvalue weighted by Crippen LogP contribution is -2.39. The number of nitrogens with zero attached hydrogens (tertiary/aromatic N) is 3. The molecule has 0 saturated carbocycles. The highest BCUT2D eigenvalue weighted by Crippen LogP contribution is 2.26. The quantitative estimate of drug-likeness (QED) is 0.532. The van der Waals surface area contributed by atoms with Crippen molar-refractivity contribution in [3.63, 3.8) is 0 Å². The summed E-state index contributed by atoms with van der Waals surface area (Å²) in [6.45, 7) is 15.3. The maximum Gasteiger partial charge on any atom is 0.245 e. The van der Waals surface area contributed by atoms with Crippen molar-refractivity contribution in [2.45, 2.75) is 79.6 Å². The Morgan fingerprint density at radius 2 is 1.91 bits per heavy atom. The number of anilines is 1. The molecule has 2 aromatic rings. The van der Waals surface area contributed by atoms with Crippen LogP contribution >= 0.6 is 0 Å². The van der Waals surface area contributed by atoms with E-state index in [2.05, 4.69) is 46.9 Å². The van der Waals surface area contributed by atoms with Gasteiger partial charge in [0.1, 0.15) is 5.82 Å². The summed E-state index contributed by atoms with van der Waals surface area (Å²) in [5.74, 6) is 0.935. The van der Waals surface area contributed by atoms with Crippen LogP contribution in [0.2, 0.25) is 0 Å². The van der Waals surface area contributed by atoms with Gasteiger partial charge in [0.05, 0.1) is 17.9 Å². The first kappa shape index (κ1) is 25.6. The number of aromatic nitrogens is 2. The molecular weight excluding hydrogens is 400 g/mol. The highest BCUT2D eigenvalue weighted by molar-refractivity contribution is 5.94. The molecule has 6 nitrogen and oxygen atoms in total. The number of aryl methyl sites for hydroxylation is 1. The Morgan fingerprint density at radius 3 is 2.50 bits per heavy atom. The van der Waals surface area contributed by atoms with Crippen LogP contribution in [0.1, 0.15) is 78.5 Å². The van der Waals surface area contributed by atoms with Gasteiger partial charge in [0.15, 0.2) is 0 Å². The van der Waals surface area contributed by atoms with Gasteiger partial charge >= 0.3 is 0 Å². The number of benzene rings is 1. The van der Waals surface area contributed by atoms with Crippen LogP contribution in [0.25, 0.3) is 5.69 Å². The van der Waals surface area contributed by atoms with E-state index in [-0.39, 0.29) is 23.8 Å². The number of amides is 2. The van der Waals surface area contributed by atoms with Gasteiger partial charge < -0.3 is 10.2 Å². The lowest BCUT2D eigenvalue weighted by molar-refractivity contribution is -0.135. The van der Waals surface area contributed by atoms with Crippen molar-refractivity contribution < 1.29 is 9.59 Å². The van der Waals surface area contributed by atoms with Crippen LogP contribution in [-0.2, 0) is 15.0 Å². The fraction of sp³-hybridized carbons (Fsp3) is 0.577. The van der Waals surface area contributed by atoms with Gasteiger partial charge in [-0.05, 0) is 43.4 Å². The molecule has 0 spiro atoms. The normalized spacial score (nSPS) is 11.6. The molecular formula is C26H40N4O2. The molecule has 1 aromatic carbocycles. The molecule has 1 N–H and O–H groups in total. The van der Waals surface area contributed by atoms with Gasteiger partial charge in [-0.2, -0.15) is 5.10 Å². The summed E-state index contributed by atoms with van der Waals surface area (Å²) in [4.78, 5) is 27.4. The average Bonchev–Trinajstić information content (AvgIpc) is 3.13. The van der Waals surface area contributed by atoms with Gasteiger partial charge in [0.25, 0.3) is 0 Å². The molecule has 0 fully saturated rings. The third-order valence-electron chi connectivity index (χ3n) is 5.40.